The van der Waals surface area contributed by atoms with Crippen molar-refractivity contribution in [3.8, 4) is 5.75 Å². The molecule has 3 rings (SSSR count). The van der Waals surface area contributed by atoms with Gasteiger partial charge in [-0.05, 0) is 6.07 Å². The lowest BCUT2D eigenvalue weighted by molar-refractivity contribution is 0.470. The zero-order valence-corrected chi connectivity index (χ0v) is 8.18. The van der Waals surface area contributed by atoms with Gasteiger partial charge in [0.15, 0.2) is 5.58 Å². The average molecular weight is 213 g/mol. The first-order valence-corrected chi connectivity index (χ1v) is 4.76. The van der Waals surface area contributed by atoms with Crippen LogP contribution in [0.2, 0.25) is 0 Å². The average Bonchev–Trinajstić information content (AvgIpc) is 2.29. The summed E-state index contributed by atoms with van der Waals surface area (Å²) in [7, 11) is 0. The molecule has 0 radical (unpaired) electrons. The van der Waals surface area contributed by atoms with Gasteiger partial charge in [0.2, 0.25) is 0 Å². The first kappa shape index (κ1) is 8.91. The van der Waals surface area contributed by atoms with E-state index < -0.39 is 5.63 Å². The molecule has 0 aliphatic rings. The first-order valence-electron chi connectivity index (χ1n) is 4.76. The maximum absolute atomic E-state index is 11.6. The van der Waals surface area contributed by atoms with Gasteiger partial charge in [0.05, 0.1) is 11.6 Å². The summed E-state index contributed by atoms with van der Waals surface area (Å²) in [6.45, 7) is 0. The summed E-state index contributed by atoms with van der Waals surface area (Å²) in [6, 6.07) is 8.48. The second kappa shape index (κ2) is 3.06. The van der Waals surface area contributed by atoms with Crippen LogP contribution in [0, 0.1) is 0 Å². The van der Waals surface area contributed by atoms with Gasteiger partial charge in [0.25, 0.3) is 0 Å². The Morgan fingerprint density at radius 2 is 1.94 bits per heavy atom. The summed E-state index contributed by atoms with van der Waals surface area (Å²) >= 11 is 0. The highest BCUT2D eigenvalue weighted by molar-refractivity contribution is 6.01. The second-order valence-corrected chi connectivity index (χ2v) is 3.48. The van der Waals surface area contributed by atoms with Crippen LogP contribution >= 0.6 is 0 Å². The number of aromatic hydroxyl groups is 1. The van der Waals surface area contributed by atoms with Crippen LogP contribution in [0.5, 0.6) is 5.75 Å². The topological polar surface area (TPSA) is 63.3 Å². The van der Waals surface area contributed by atoms with Crippen LogP contribution in [0.25, 0.3) is 21.9 Å². The zero-order valence-electron chi connectivity index (χ0n) is 8.18. The molecule has 4 nitrogen and oxygen atoms in total. The molecule has 0 saturated carbocycles. The van der Waals surface area contributed by atoms with Gasteiger partial charge in [-0.2, -0.15) is 0 Å². The van der Waals surface area contributed by atoms with Crippen molar-refractivity contribution < 1.29 is 9.52 Å². The lowest BCUT2D eigenvalue weighted by atomic mass is 10.1. The van der Waals surface area contributed by atoms with Gasteiger partial charge >= 0.3 is 5.63 Å². The molecular formula is C12H7NO3. The summed E-state index contributed by atoms with van der Waals surface area (Å²) in [6.07, 6.45) is 1.33. The summed E-state index contributed by atoms with van der Waals surface area (Å²) in [4.78, 5) is 15.7. The fourth-order valence-corrected chi connectivity index (χ4v) is 1.74. The van der Waals surface area contributed by atoms with Gasteiger partial charge in [-0.3, -0.25) is 0 Å². The summed E-state index contributed by atoms with van der Waals surface area (Å²) in [5.41, 5.74) is 0.451. The SMILES string of the molecule is O=c1oc2cc(O)cnc2c2ccccc12. The van der Waals surface area contributed by atoms with E-state index in [2.05, 4.69) is 4.98 Å². The number of aromatic nitrogens is 1. The Kier molecular flexibility index (Phi) is 1.71. The van der Waals surface area contributed by atoms with Gasteiger partial charge in [-0.25, -0.2) is 9.78 Å². The highest BCUT2D eigenvalue weighted by Crippen LogP contribution is 2.22. The molecule has 0 saturated heterocycles. The molecule has 2 heterocycles. The molecule has 3 aromatic rings. The van der Waals surface area contributed by atoms with Gasteiger partial charge in [0.1, 0.15) is 11.3 Å². The number of hydrogen-bond donors (Lipinski definition) is 1. The molecule has 0 aliphatic heterocycles. The van der Waals surface area contributed by atoms with Gasteiger partial charge in [-0.15, -0.1) is 0 Å². The van der Waals surface area contributed by atoms with Crippen LogP contribution in [0.1, 0.15) is 0 Å². The molecule has 0 aliphatic carbocycles. The zero-order chi connectivity index (χ0) is 11.1. The molecule has 1 N–H and O–H groups in total. The molecule has 0 amide bonds. The maximum Gasteiger partial charge on any atom is 0.344 e. The monoisotopic (exact) mass is 213 g/mol. The number of nitrogens with zero attached hydrogens (tertiary/aromatic N) is 1. The molecule has 16 heavy (non-hydrogen) atoms. The van der Waals surface area contributed by atoms with Crippen molar-refractivity contribution in [1.29, 1.82) is 0 Å². The molecular weight excluding hydrogens is 206 g/mol. The van der Waals surface area contributed by atoms with Crippen molar-refractivity contribution in [2.45, 2.75) is 0 Å². The van der Waals surface area contributed by atoms with Crippen molar-refractivity contribution in [1.82, 2.24) is 4.98 Å². The summed E-state index contributed by atoms with van der Waals surface area (Å²) in [5, 5.41) is 10.5. The smallest absolute Gasteiger partial charge is 0.344 e. The number of rotatable bonds is 0. The minimum absolute atomic E-state index is 0.0223. The van der Waals surface area contributed by atoms with Gasteiger partial charge in [-0.1, -0.05) is 18.2 Å². The van der Waals surface area contributed by atoms with Crippen molar-refractivity contribution >= 4 is 21.9 Å². The fraction of sp³-hybridized carbons (Fsp3) is 0. The van der Waals surface area contributed by atoms with Crippen molar-refractivity contribution in [2.24, 2.45) is 0 Å². The molecule has 0 spiro atoms. The van der Waals surface area contributed by atoms with Crippen molar-refractivity contribution in [3.63, 3.8) is 0 Å². The predicted molar refractivity (Wildman–Crippen MR) is 59.4 cm³/mol. The second-order valence-electron chi connectivity index (χ2n) is 3.48. The van der Waals surface area contributed by atoms with E-state index in [4.69, 9.17) is 4.42 Å². The largest absolute Gasteiger partial charge is 0.506 e. The number of benzene rings is 1. The van der Waals surface area contributed by atoms with E-state index in [1.54, 1.807) is 18.2 Å². The molecule has 1 aromatic carbocycles. The van der Waals surface area contributed by atoms with E-state index in [1.807, 2.05) is 6.07 Å². The van der Waals surface area contributed by atoms with Crippen LogP contribution in [-0.2, 0) is 0 Å². The van der Waals surface area contributed by atoms with Gasteiger partial charge in [0, 0.05) is 11.5 Å². The van der Waals surface area contributed by atoms with Crippen LogP contribution < -0.4 is 5.63 Å². The van der Waals surface area contributed by atoms with Crippen LogP contribution in [-0.4, -0.2) is 10.1 Å². The third-order valence-corrected chi connectivity index (χ3v) is 2.44. The summed E-state index contributed by atoms with van der Waals surface area (Å²) in [5.74, 6) is -0.0223. The lowest BCUT2D eigenvalue weighted by Crippen LogP contribution is -1.99. The fourth-order valence-electron chi connectivity index (χ4n) is 1.74. The maximum atomic E-state index is 11.6. The van der Waals surface area contributed by atoms with Crippen molar-refractivity contribution in [3.05, 3.63) is 46.9 Å². The summed E-state index contributed by atoms with van der Waals surface area (Å²) < 4.78 is 5.08. The van der Waals surface area contributed by atoms with E-state index in [1.165, 1.54) is 12.3 Å². The highest BCUT2D eigenvalue weighted by Gasteiger charge is 2.07. The van der Waals surface area contributed by atoms with E-state index in [0.29, 0.717) is 16.5 Å². The van der Waals surface area contributed by atoms with Crippen LogP contribution in [0.3, 0.4) is 0 Å². The Morgan fingerprint density at radius 3 is 2.75 bits per heavy atom. The molecule has 2 aromatic heterocycles. The Labute approximate surface area is 89.8 Å². The molecule has 0 fully saturated rings. The third kappa shape index (κ3) is 1.16. The van der Waals surface area contributed by atoms with Crippen LogP contribution in [0.15, 0.2) is 45.7 Å². The number of hydrogen-bond acceptors (Lipinski definition) is 4. The van der Waals surface area contributed by atoms with Crippen molar-refractivity contribution in [2.75, 3.05) is 0 Å². The number of pyridine rings is 1. The minimum Gasteiger partial charge on any atom is -0.506 e. The molecule has 78 valence electrons. The Balaban J connectivity index is 2.64. The quantitative estimate of drug-likeness (QED) is 0.580. The van der Waals surface area contributed by atoms with Gasteiger partial charge < -0.3 is 9.52 Å². The number of fused-ring (bicyclic) bond motifs is 3. The predicted octanol–water partition coefficient (Wildman–Crippen LogP) is 2.05. The van der Waals surface area contributed by atoms with Crippen LogP contribution in [0.4, 0.5) is 0 Å². The highest BCUT2D eigenvalue weighted by atomic mass is 16.4. The lowest BCUT2D eigenvalue weighted by Gasteiger charge is -2.01. The van der Waals surface area contributed by atoms with E-state index >= 15 is 0 Å². The minimum atomic E-state index is -0.421. The Hall–Kier alpha value is -2.36. The Bertz CT molecular complexity index is 746. The van der Waals surface area contributed by atoms with E-state index in [-0.39, 0.29) is 5.75 Å². The molecule has 4 heteroatoms. The standard InChI is InChI=1S/C12H7NO3/c14-7-5-10-11(13-6-7)8-3-1-2-4-9(8)12(15)16-10/h1-6,14H. The first-order chi connectivity index (χ1) is 7.75. The normalized spacial score (nSPS) is 11.0. The Morgan fingerprint density at radius 1 is 1.19 bits per heavy atom. The molecule has 0 bridgehead atoms. The molecule has 0 unspecified atom stereocenters. The molecule has 0 atom stereocenters. The van der Waals surface area contributed by atoms with E-state index in [9.17, 15) is 9.90 Å². The van der Waals surface area contributed by atoms with E-state index in [0.717, 1.165) is 5.39 Å². The third-order valence-electron chi connectivity index (χ3n) is 2.44.